The molecule has 0 spiro atoms. The first kappa shape index (κ1) is 15.0. The van der Waals surface area contributed by atoms with E-state index in [1.165, 1.54) is 11.3 Å². The van der Waals surface area contributed by atoms with Crippen LogP contribution in [0, 0.1) is 5.92 Å². The molecule has 1 heterocycles. The fourth-order valence-corrected chi connectivity index (χ4v) is 2.37. The minimum Gasteiger partial charge on any atom is -0.394 e. The lowest BCUT2D eigenvalue weighted by Gasteiger charge is -2.25. The first-order chi connectivity index (χ1) is 9.47. The van der Waals surface area contributed by atoms with Crippen molar-refractivity contribution in [3.8, 4) is 0 Å². The lowest BCUT2D eigenvalue weighted by atomic mass is 10.1. The van der Waals surface area contributed by atoms with Crippen LogP contribution in [0.1, 0.15) is 29.4 Å². The second kappa shape index (κ2) is 5.90. The Bertz CT molecular complexity index is 506. The van der Waals surface area contributed by atoms with Crippen LogP contribution in [0.15, 0.2) is 12.1 Å². The first-order valence-corrected chi connectivity index (χ1v) is 7.24. The molecule has 1 saturated carbocycles. The van der Waals surface area contributed by atoms with E-state index < -0.39 is 5.54 Å². The molecule has 0 aromatic carbocycles. The molecule has 0 radical (unpaired) electrons. The Morgan fingerprint density at radius 2 is 2.00 bits per heavy atom. The number of aliphatic hydroxyl groups is 2. The van der Waals surface area contributed by atoms with Gasteiger partial charge in [0.25, 0.3) is 5.91 Å². The van der Waals surface area contributed by atoms with Gasteiger partial charge in [-0.25, -0.2) is 0 Å². The van der Waals surface area contributed by atoms with Gasteiger partial charge < -0.3 is 20.8 Å². The Labute approximate surface area is 120 Å². The minimum atomic E-state index is -1.06. The van der Waals surface area contributed by atoms with Crippen molar-refractivity contribution in [3.63, 3.8) is 0 Å². The Kier molecular flexibility index (Phi) is 4.42. The molecule has 20 heavy (non-hydrogen) atoms. The van der Waals surface area contributed by atoms with E-state index in [2.05, 4.69) is 10.6 Å². The molecule has 1 fully saturated rings. The van der Waals surface area contributed by atoms with Gasteiger partial charge in [0.2, 0.25) is 5.91 Å². The molecule has 1 aromatic rings. The van der Waals surface area contributed by atoms with Gasteiger partial charge in [-0.05, 0) is 31.9 Å². The van der Waals surface area contributed by atoms with Crippen molar-refractivity contribution in [3.05, 3.63) is 17.0 Å². The summed E-state index contributed by atoms with van der Waals surface area (Å²) >= 11 is 1.17. The number of anilines is 1. The predicted octanol–water partition coefficient (Wildman–Crippen LogP) is 0.570. The maximum atomic E-state index is 12.0. The van der Waals surface area contributed by atoms with Crippen LogP contribution < -0.4 is 10.6 Å². The summed E-state index contributed by atoms with van der Waals surface area (Å²) in [6.45, 7) is 0.839. The van der Waals surface area contributed by atoms with Gasteiger partial charge in [-0.3, -0.25) is 9.59 Å². The van der Waals surface area contributed by atoms with Crippen molar-refractivity contribution in [1.29, 1.82) is 0 Å². The SMILES string of the molecule is CC(CO)(CO)NC(=O)c1ccc(NC(=O)C2CC2)s1. The quantitative estimate of drug-likeness (QED) is 0.617. The topological polar surface area (TPSA) is 98.7 Å². The highest BCUT2D eigenvalue weighted by Crippen LogP contribution is 2.31. The van der Waals surface area contributed by atoms with E-state index in [1.807, 2.05) is 0 Å². The van der Waals surface area contributed by atoms with Gasteiger partial charge in [0.15, 0.2) is 0 Å². The Hall–Kier alpha value is -1.44. The second-order valence-corrected chi connectivity index (χ2v) is 6.34. The summed E-state index contributed by atoms with van der Waals surface area (Å²) in [5.41, 5.74) is -1.06. The normalized spacial score (nSPS) is 14.9. The van der Waals surface area contributed by atoms with Crippen molar-refractivity contribution in [2.45, 2.75) is 25.3 Å². The molecule has 0 atom stereocenters. The number of carbonyl (C=O) groups excluding carboxylic acids is 2. The smallest absolute Gasteiger partial charge is 0.262 e. The number of aliphatic hydroxyl groups excluding tert-OH is 2. The Balaban J connectivity index is 1.97. The molecule has 1 aliphatic carbocycles. The van der Waals surface area contributed by atoms with Crippen LogP contribution in [-0.2, 0) is 4.79 Å². The number of hydrogen-bond acceptors (Lipinski definition) is 5. The molecule has 7 heteroatoms. The number of rotatable bonds is 6. The van der Waals surface area contributed by atoms with Gasteiger partial charge in [0.05, 0.1) is 28.6 Å². The van der Waals surface area contributed by atoms with Crippen molar-refractivity contribution < 1.29 is 19.8 Å². The summed E-state index contributed by atoms with van der Waals surface area (Å²) in [5, 5.41) is 24.3. The van der Waals surface area contributed by atoms with Gasteiger partial charge in [-0.1, -0.05) is 0 Å². The lowest BCUT2D eigenvalue weighted by molar-refractivity contribution is -0.117. The zero-order valence-corrected chi connectivity index (χ0v) is 12.0. The monoisotopic (exact) mass is 298 g/mol. The van der Waals surface area contributed by atoms with Gasteiger partial charge >= 0.3 is 0 Å². The molecule has 6 nitrogen and oxygen atoms in total. The lowest BCUT2D eigenvalue weighted by Crippen LogP contribution is -2.51. The second-order valence-electron chi connectivity index (χ2n) is 5.26. The molecule has 110 valence electrons. The van der Waals surface area contributed by atoms with Crippen LogP contribution in [-0.4, -0.2) is 40.8 Å². The summed E-state index contributed by atoms with van der Waals surface area (Å²) in [6, 6.07) is 3.28. The maximum absolute atomic E-state index is 12.0. The fourth-order valence-electron chi connectivity index (χ4n) is 1.56. The van der Waals surface area contributed by atoms with E-state index in [1.54, 1.807) is 19.1 Å². The van der Waals surface area contributed by atoms with E-state index in [0.29, 0.717) is 9.88 Å². The van der Waals surface area contributed by atoms with Crippen molar-refractivity contribution in [2.24, 2.45) is 5.92 Å². The van der Waals surface area contributed by atoms with Crippen molar-refractivity contribution >= 4 is 28.2 Å². The van der Waals surface area contributed by atoms with Crippen molar-refractivity contribution in [1.82, 2.24) is 5.32 Å². The zero-order chi connectivity index (χ0) is 14.8. The van der Waals surface area contributed by atoms with Gasteiger partial charge in [0.1, 0.15) is 0 Å². The van der Waals surface area contributed by atoms with Gasteiger partial charge in [-0.15, -0.1) is 11.3 Å². The van der Waals surface area contributed by atoms with E-state index in [9.17, 15) is 9.59 Å². The van der Waals surface area contributed by atoms with Crippen LogP contribution >= 0.6 is 11.3 Å². The van der Waals surface area contributed by atoms with E-state index in [4.69, 9.17) is 10.2 Å². The molecular weight excluding hydrogens is 280 g/mol. The van der Waals surface area contributed by atoms with Crippen molar-refractivity contribution in [2.75, 3.05) is 18.5 Å². The average Bonchev–Trinajstić information content (AvgIpc) is 3.19. The number of carbonyl (C=O) groups is 2. The highest BCUT2D eigenvalue weighted by Gasteiger charge is 2.30. The highest BCUT2D eigenvalue weighted by atomic mass is 32.1. The minimum absolute atomic E-state index is 0.00522. The molecule has 0 saturated heterocycles. The summed E-state index contributed by atoms with van der Waals surface area (Å²) in [6.07, 6.45) is 1.85. The number of hydrogen-bond donors (Lipinski definition) is 4. The summed E-state index contributed by atoms with van der Waals surface area (Å²) in [4.78, 5) is 24.0. The number of nitrogens with one attached hydrogen (secondary N) is 2. The molecule has 1 aliphatic rings. The summed E-state index contributed by atoms with van der Waals surface area (Å²) < 4.78 is 0. The first-order valence-electron chi connectivity index (χ1n) is 6.42. The third-order valence-corrected chi connectivity index (χ3v) is 4.14. The number of thiophene rings is 1. The van der Waals surface area contributed by atoms with E-state index in [0.717, 1.165) is 12.8 Å². The predicted molar refractivity (Wildman–Crippen MR) is 75.7 cm³/mol. The van der Waals surface area contributed by atoms with Crippen LogP contribution in [0.4, 0.5) is 5.00 Å². The molecule has 1 aromatic heterocycles. The van der Waals surface area contributed by atoms with Crippen LogP contribution in [0.3, 0.4) is 0 Å². The van der Waals surface area contributed by atoms with E-state index in [-0.39, 0.29) is 30.9 Å². The van der Waals surface area contributed by atoms with Crippen LogP contribution in [0.25, 0.3) is 0 Å². The van der Waals surface area contributed by atoms with Crippen LogP contribution in [0.5, 0.6) is 0 Å². The standard InChI is InChI=1S/C13H18N2O4S/c1-13(6-16,7-17)15-12(19)9-4-5-10(20-9)14-11(18)8-2-3-8/h4-5,8,16-17H,2-3,6-7H2,1H3,(H,14,18)(H,15,19). The summed E-state index contributed by atoms with van der Waals surface area (Å²) in [7, 11) is 0. The fraction of sp³-hybridized carbons (Fsp3) is 0.538. The average molecular weight is 298 g/mol. The molecule has 2 amide bonds. The Morgan fingerprint density at radius 3 is 2.55 bits per heavy atom. The summed E-state index contributed by atoms with van der Waals surface area (Å²) in [5.74, 6) is -0.275. The largest absolute Gasteiger partial charge is 0.394 e. The molecule has 0 unspecified atom stereocenters. The van der Waals surface area contributed by atoms with Gasteiger partial charge in [0, 0.05) is 5.92 Å². The zero-order valence-electron chi connectivity index (χ0n) is 11.2. The molecule has 0 aliphatic heterocycles. The third-order valence-electron chi connectivity index (χ3n) is 3.14. The number of amides is 2. The molecule has 4 N–H and O–H groups in total. The molecular formula is C13H18N2O4S. The molecule has 0 bridgehead atoms. The van der Waals surface area contributed by atoms with Crippen LogP contribution in [0.2, 0.25) is 0 Å². The Morgan fingerprint density at radius 1 is 1.35 bits per heavy atom. The maximum Gasteiger partial charge on any atom is 0.262 e. The third kappa shape index (κ3) is 3.56. The van der Waals surface area contributed by atoms with E-state index >= 15 is 0 Å². The highest BCUT2D eigenvalue weighted by molar-refractivity contribution is 7.18. The van der Waals surface area contributed by atoms with Gasteiger partial charge in [-0.2, -0.15) is 0 Å². The molecule has 2 rings (SSSR count).